The van der Waals surface area contributed by atoms with E-state index in [-0.39, 0.29) is 11.9 Å². The van der Waals surface area contributed by atoms with Crippen LogP contribution in [0.1, 0.15) is 18.4 Å². The van der Waals surface area contributed by atoms with Crippen molar-refractivity contribution in [1.82, 2.24) is 4.72 Å². The van der Waals surface area contributed by atoms with Gasteiger partial charge >= 0.3 is 0 Å². The van der Waals surface area contributed by atoms with Crippen molar-refractivity contribution in [3.63, 3.8) is 0 Å². The molecule has 0 aliphatic carbocycles. The zero-order valence-corrected chi connectivity index (χ0v) is 12.2. The third kappa shape index (κ3) is 4.37. The topological polar surface area (TPSA) is 55.4 Å². The summed E-state index contributed by atoms with van der Waals surface area (Å²) >= 11 is 5.53. The van der Waals surface area contributed by atoms with E-state index >= 15 is 0 Å². The number of ether oxygens (including phenoxy) is 1. The Morgan fingerprint density at radius 1 is 1.32 bits per heavy atom. The summed E-state index contributed by atoms with van der Waals surface area (Å²) in [4.78, 5) is 0. The average Bonchev–Trinajstić information content (AvgIpc) is 2.79. The molecule has 0 aromatic heterocycles. The van der Waals surface area contributed by atoms with E-state index in [1.54, 1.807) is 0 Å². The normalized spacial score (nSPS) is 18.1. The number of para-hydroxylation sites is 1. The molecule has 0 bridgehead atoms. The molecule has 1 unspecified atom stereocenters. The van der Waals surface area contributed by atoms with E-state index in [1.807, 2.05) is 24.3 Å². The maximum absolute atomic E-state index is 11.7. The molecule has 0 amide bonds. The van der Waals surface area contributed by atoms with Gasteiger partial charge in [-0.15, -0.1) is 11.6 Å². The minimum Gasteiger partial charge on any atom is -0.488 e. The second-order valence-electron chi connectivity index (χ2n) is 4.62. The summed E-state index contributed by atoms with van der Waals surface area (Å²) < 4.78 is 31.7. The Labute approximate surface area is 119 Å². The molecular formula is C13H18ClNO3S. The molecule has 0 radical (unpaired) electrons. The van der Waals surface area contributed by atoms with Gasteiger partial charge in [0.05, 0.1) is 5.75 Å². The molecule has 2 rings (SSSR count). The predicted octanol–water partition coefficient (Wildman–Crippen LogP) is 1.93. The lowest BCUT2D eigenvalue weighted by Gasteiger charge is -2.12. The SMILES string of the molecule is O=S(=O)(CCCCCl)NCC1Cc2ccccc2O1. The molecule has 1 atom stereocenters. The molecule has 1 aromatic rings. The summed E-state index contributed by atoms with van der Waals surface area (Å²) in [6, 6.07) is 7.78. The van der Waals surface area contributed by atoms with Gasteiger partial charge in [-0.3, -0.25) is 0 Å². The summed E-state index contributed by atoms with van der Waals surface area (Å²) in [5.41, 5.74) is 1.13. The van der Waals surface area contributed by atoms with E-state index in [2.05, 4.69) is 4.72 Å². The van der Waals surface area contributed by atoms with Gasteiger partial charge in [0.25, 0.3) is 0 Å². The van der Waals surface area contributed by atoms with Gasteiger partial charge in [-0.1, -0.05) is 18.2 Å². The lowest BCUT2D eigenvalue weighted by Crippen LogP contribution is -2.35. The monoisotopic (exact) mass is 303 g/mol. The molecule has 0 saturated carbocycles. The Bertz CT molecular complexity index is 493. The van der Waals surface area contributed by atoms with Crippen LogP contribution in [-0.4, -0.2) is 32.7 Å². The van der Waals surface area contributed by atoms with Gasteiger partial charge in [0.15, 0.2) is 0 Å². The van der Waals surface area contributed by atoms with E-state index in [1.165, 1.54) is 0 Å². The minimum absolute atomic E-state index is 0.111. The van der Waals surface area contributed by atoms with E-state index in [0.29, 0.717) is 25.3 Å². The molecule has 4 nitrogen and oxygen atoms in total. The molecule has 0 spiro atoms. The Kier molecular flexibility index (Phi) is 5.07. The van der Waals surface area contributed by atoms with Crippen LogP contribution in [0.2, 0.25) is 0 Å². The zero-order valence-electron chi connectivity index (χ0n) is 10.6. The quantitative estimate of drug-likeness (QED) is 0.618. The van der Waals surface area contributed by atoms with Gasteiger partial charge in [0.1, 0.15) is 11.9 Å². The highest BCUT2D eigenvalue weighted by atomic mass is 35.5. The number of alkyl halides is 1. The highest BCUT2D eigenvalue weighted by Crippen LogP contribution is 2.27. The van der Waals surface area contributed by atoms with Crippen LogP contribution in [0.15, 0.2) is 24.3 Å². The smallest absolute Gasteiger partial charge is 0.211 e. The van der Waals surface area contributed by atoms with Crippen LogP contribution in [0.4, 0.5) is 0 Å². The molecule has 106 valence electrons. The molecule has 0 fully saturated rings. The number of hydrogen-bond acceptors (Lipinski definition) is 3. The first-order valence-electron chi connectivity index (χ1n) is 6.38. The van der Waals surface area contributed by atoms with Crippen LogP contribution in [0, 0.1) is 0 Å². The third-order valence-corrected chi connectivity index (χ3v) is 4.74. The van der Waals surface area contributed by atoms with Crippen LogP contribution in [0.3, 0.4) is 0 Å². The van der Waals surface area contributed by atoms with Crippen molar-refractivity contribution in [1.29, 1.82) is 0 Å². The van der Waals surface area contributed by atoms with Crippen LogP contribution in [0.5, 0.6) is 5.75 Å². The fourth-order valence-corrected chi connectivity index (χ4v) is 3.40. The van der Waals surface area contributed by atoms with Crippen molar-refractivity contribution < 1.29 is 13.2 Å². The largest absolute Gasteiger partial charge is 0.488 e. The predicted molar refractivity (Wildman–Crippen MR) is 76.3 cm³/mol. The standard InChI is InChI=1S/C13H18ClNO3S/c14-7-3-4-8-19(16,17)15-10-12-9-11-5-1-2-6-13(11)18-12/h1-2,5-6,12,15H,3-4,7-10H2. The van der Waals surface area contributed by atoms with Crippen molar-refractivity contribution in [2.75, 3.05) is 18.2 Å². The average molecular weight is 304 g/mol. The Balaban J connectivity index is 1.78. The van der Waals surface area contributed by atoms with E-state index in [0.717, 1.165) is 17.7 Å². The van der Waals surface area contributed by atoms with Crippen LogP contribution < -0.4 is 9.46 Å². The number of fused-ring (bicyclic) bond motifs is 1. The van der Waals surface area contributed by atoms with Crippen molar-refractivity contribution in [2.24, 2.45) is 0 Å². The lowest BCUT2D eigenvalue weighted by atomic mass is 10.1. The highest BCUT2D eigenvalue weighted by Gasteiger charge is 2.23. The summed E-state index contributed by atoms with van der Waals surface area (Å²) in [5, 5.41) is 0. The number of benzene rings is 1. The fraction of sp³-hybridized carbons (Fsp3) is 0.538. The molecule has 1 aliphatic heterocycles. The van der Waals surface area contributed by atoms with E-state index in [9.17, 15) is 8.42 Å². The number of hydrogen-bond donors (Lipinski definition) is 1. The Morgan fingerprint density at radius 2 is 2.11 bits per heavy atom. The van der Waals surface area contributed by atoms with Gasteiger partial charge in [0.2, 0.25) is 10.0 Å². The first kappa shape index (κ1) is 14.6. The maximum Gasteiger partial charge on any atom is 0.211 e. The third-order valence-electron chi connectivity index (χ3n) is 3.04. The first-order valence-corrected chi connectivity index (χ1v) is 8.57. The van der Waals surface area contributed by atoms with Gasteiger partial charge in [-0.2, -0.15) is 0 Å². The number of halogens is 1. The second kappa shape index (κ2) is 6.59. The van der Waals surface area contributed by atoms with Crippen LogP contribution >= 0.6 is 11.6 Å². The number of sulfonamides is 1. The summed E-state index contributed by atoms with van der Waals surface area (Å²) in [6.07, 6.45) is 1.94. The lowest BCUT2D eigenvalue weighted by molar-refractivity contribution is 0.236. The highest BCUT2D eigenvalue weighted by molar-refractivity contribution is 7.89. The van der Waals surface area contributed by atoms with Crippen LogP contribution in [0.25, 0.3) is 0 Å². The summed E-state index contributed by atoms with van der Waals surface area (Å²) in [5.74, 6) is 1.48. The van der Waals surface area contributed by atoms with Gasteiger partial charge in [0, 0.05) is 18.8 Å². The van der Waals surface area contributed by atoms with Gasteiger partial charge in [-0.25, -0.2) is 13.1 Å². The molecule has 6 heteroatoms. The summed E-state index contributed by atoms with van der Waals surface area (Å²) in [7, 11) is -3.22. The van der Waals surface area contributed by atoms with E-state index in [4.69, 9.17) is 16.3 Å². The van der Waals surface area contributed by atoms with Crippen molar-refractivity contribution in [3.8, 4) is 5.75 Å². The van der Waals surface area contributed by atoms with Gasteiger partial charge in [-0.05, 0) is 24.5 Å². The van der Waals surface area contributed by atoms with Crippen molar-refractivity contribution >= 4 is 21.6 Å². The first-order chi connectivity index (χ1) is 9.11. The zero-order chi connectivity index (χ0) is 13.7. The maximum atomic E-state index is 11.7. The molecule has 1 heterocycles. The van der Waals surface area contributed by atoms with Crippen molar-refractivity contribution in [3.05, 3.63) is 29.8 Å². The molecule has 0 saturated heterocycles. The molecule has 1 aliphatic rings. The fourth-order valence-electron chi connectivity index (χ4n) is 2.05. The minimum atomic E-state index is -3.22. The molecule has 19 heavy (non-hydrogen) atoms. The van der Waals surface area contributed by atoms with Gasteiger partial charge < -0.3 is 4.74 Å². The summed E-state index contributed by atoms with van der Waals surface area (Å²) in [6.45, 7) is 0.317. The van der Waals surface area contributed by atoms with E-state index < -0.39 is 10.0 Å². The number of rotatable bonds is 7. The number of unbranched alkanes of at least 4 members (excludes halogenated alkanes) is 1. The van der Waals surface area contributed by atoms with Crippen molar-refractivity contribution in [2.45, 2.75) is 25.4 Å². The molecule has 1 N–H and O–H groups in total. The molecular weight excluding hydrogens is 286 g/mol. The second-order valence-corrected chi connectivity index (χ2v) is 6.92. The number of nitrogens with one attached hydrogen (secondary N) is 1. The Hall–Kier alpha value is -0.780. The Morgan fingerprint density at radius 3 is 2.84 bits per heavy atom. The molecule has 1 aromatic carbocycles. The van der Waals surface area contributed by atoms with Crippen LogP contribution in [-0.2, 0) is 16.4 Å².